The van der Waals surface area contributed by atoms with E-state index in [0.717, 1.165) is 95.5 Å². The van der Waals surface area contributed by atoms with Gasteiger partial charge in [-0.05, 0) is 185 Å². The van der Waals surface area contributed by atoms with E-state index in [0.29, 0.717) is 0 Å². The molecule has 3 nitrogen and oxygen atoms in total. The van der Waals surface area contributed by atoms with Crippen LogP contribution in [-0.2, 0) is 9.59 Å². The van der Waals surface area contributed by atoms with E-state index < -0.39 is 11.9 Å². The second kappa shape index (κ2) is 33.2. The number of hydrogen-bond acceptors (Lipinski definition) is 3. The molecule has 292 valence electrons. The number of aliphatic carboxylic acids is 1. The van der Waals surface area contributed by atoms with E-state index >= 15 is 0 Å². The van der Waals surface area contributed by atoms with Gasteiger partial charge < -0.3 is 9.90 Å². The van der Waals surface area contributed by atoms with Crippen LogP contribution in [0.25, 0.3) is 0 Å². The average molecular weight is 737 g/mol. The fourth-order valence-corrected chi connectivity index (χ4v) is 5.98. The second-order valence-electron chi connectivity index (χ2n) is 15.7. The first kappa shape index (κ1) is 52.9. The van der Waals surface area contributed by atoms with Crippen LogP contribution in [0.15, 0.2) is 105 Å². The van der Waals surface area contributed by atoms with Crippen LogP contribution < -0.4 is 34.7 Å². The van der Waals surface area contributed by atoms with Gasteiger partial charge in [0, 0.05) is 0 Å². The molecule has 0 aliphatic carbocycles. The Bertz CT molecular complexity index is 1340. The topological polar surface area (TPSA) is 57.2 Å². The van der Waals surface area contributed by atoms with Crippen molar-refractivity contribution in [1.82, 2.24) is 0 Å². The first-order chi connectivity index (χ1) is 24.6. The number of carboxylic acids is 1. The van der Waals surface area contributed by atoms with Gasteiger partial charge in [0.1, 0.15) is 5.78 Å². The van der Waals surface area contributed by atoms with E-state index in [4.69, 9.17) is 0 Å². The summed E-state index contributed by atoms with van der Waals surface area (Å²) in [6.07, 6.45) is 38.9. The molecule has 0 fully saturated rings. The molecule has 0 rings (SSSR count). The molecular formula is C49H77NaO3. The fraction of sp³-hybridized carbons (Fsp3) is 0.592. The molecule has 0 bridgehead atoms. The Morgan fingerprint density at radius 3 is 0.774 bits per heavy atom. The van der Waals surface area contributed by atoms with Crippen LogP contribution in [0.1, 0.15) is 185 Å². The summed E-state index contributed by atoms with van der Waals surface area (Å²) in [7, 11) is 0. The number of hydrogen-bond donors (Lipinski definition) is 0. The van der Waals surface area contributed by atoms with Gasteiger partial charge in [-0.15, -0.1) is 0 Å². The molecule has 0 saturated carbocycles. The van der Waals surface area contributed by atoms with Crippen LogP contribution in [0, 0.1) is 5.92 Å². The zero-order chi connectivity index (χ0) is 39.3. The molecule has 0 aliphatic rings. The van der Waals surface area contributed by atoms with Crippen LogP contribution in [0.3, 0.4) is 0 Å². The maximum atomic E-state index is 11.4. The zero-order valence-electron chi connectivity index (χ0n) is 36.5. The fourth-order valence-electron chi connectivity index (χ4n) is 5.98. The molecule has 0 aliphatic heterocycles. The van der Waals surface area contributed by atoms with Gasteiger partial charge in [0.25, 0.3) is 0 Å². The Morgan fingerprint density at radius 1 is 0.377 bits per heavy atom. The number of Topliss-reactive ketones (excluding diaryl/α,β-unsaturated/α-hetero) is 1. The summed E-state index contributed by atoms with van der Waals surface area (Å²) >= 11 is 0. The van der Waals surface area contributed by atoms with Gasteiger partial charge in [0.2, 0.25) is 0 Å². The van der Waals surface area contributed by atoms with E-state index in [-0.39, 0.29) is 41.8 Å². The molecule has 0 heterocycles. The number of carbonyl (C=O) groups excluding carboxylic acids is 2. The van der Waals surface area contributed by atoms with Crippen molar-refractivity contribution in [1.29, 1.82) is 0 Å². The quantitative estimate of drug-likeness (QED) is 0.0456. The molecular weight excluding hydrogens is 660 g/mol. The van der Waals surface area contributed by atoms with Crippen molar-refractivity contribution in [3.8, 4) is 0 Å². The molecule has 0 amide bonds. The maximum Gasteiger partial charge on any atom is 1.00 e. The molecule has 0 N–H and O–H groups in total. The third-order valence-corrected chi connectivity index (χ3v) is 9.79. The number of ketones is 1. The first-order valence-corrected chi connectivity index (χ1v) is 20.2. The Morgan fingerprint density at radius 2 is 0.585 bits per heavy atom. The smallest absolute Gasteiger partial charge is 0.549 e. The summed E-state index contributed by atoms with van der Waals surface area (Å²) in [5.74, 6) is -2.67. The summed E-state index contributed by atoms with van der Waals surface area (Å²) in [5, 5.41) is 11.1. The van der Waals surface area contributed by atoms with E-state index in [2.05, 4.69) is 111 Å². The van der Waals surface area contributed by atoms with Crippen LogP contribution >= 0.6 is 0 Å². The van der Waals surface area contributed by atoms with Crippen molar-refractivity contribution in [3.05, 3.63) is 105 Å². The molecule has 0 aromatic rings. The van der Waals surface area contributed by atoms with Crippen molar-refractivity contribution in [3.63, 3.8) is 0 Å². The molecule has 4 heteroatoms. The Kier molecular flexibility index (Phi) is 33.1. The minimum atomic E-state index is -1.29. The summed E-state index contributed by atoms with van der Waals surface area (Å²) in [5.41, 5.74) is 12.9. The number of carbonyl (C=O) groups is 2. The molecule has 0 aromatic heterocycles. The standard InChI is InChI=1S/C49H78O3.Na/c1-38(2)20-12-21-39(3)22-13-23-40(4)24-14-25-41(5)26-15-27-42(6)28-16-29-43(7)30-17-31-44(8)32-18-33-45(9)34-19-35-46(10)36-37-48(47(11)50)49(51)52;/h20,22,24,26,28,30,32,34,36,48H,12-19,21,23,25,27,29,31,33,35,37H2,1-11H3,(H,51,52);/q;+1/p-1/b39-22+,40-24+,41-26+,42-28+,43-30+,44-32+,45-34+,46-36+;. The van der Waals surface area contributed by atoms with E-state index in [1.54, 1.807) is 0 Å². The Hall–Kier alpha value is -2.20. The molecule has 1 atom stereocenters. The SMILES string of the molecule is CC(=O)C(C/C=C(\C)CC/C=C(\C)CC/C=C(\C)CC/C=C(\C)CC/C=C(\C)CC/C=C(\C)CC/C=C(\C)CC/C=C(\C)CCC=C(C)C)C(=O)[O-].[Na+]. The minimum Gasteiger partial charge on any atom is -0.549 e. The van der Waals surface area contributed by atoms with Crippen molar-refractivity contribution < 1.29 is 44.3 Å². The van der Waals surface area contributed by atoms with Crippen LogP contribution in [0.2, 0.25) is 0 Å². The number of allylic oxidation sites excluding steroid dienone is 18. The predicted molar refractivity (Wildman–Crippen MR) is 227 cm³/mol. The molecule has 0 spiro atoms. The van der Waals surface area contributed by atoms with Gasteiger partial charge in [-0.2, -0.15) is 0 Å². The number of carboxylic acid groups (broad SMARTS) is 1. The summed E-state index contributed by atoms with van der Waals surface area (Å²) in [6, 6.07) is 0. The minimum absolute atomic E-state index is 0. The van der Waals surface area contributed by atoms with E-state index in [1.807, 2.05) is 13.0 Å². The maximum absolute atomic E-state index is 11.4. The van der Waals surface area contributed by atoms with Gasteiger partial charge in [0.05, 0.1) is 11.9 Å². The van der Waals surface area contributed by atoms with Crippen LogP contribution in [0.5, 0.6) is 0 Å². The van der Waals surface area contributed by atoms with Crippen LogP contribution in [0.4, 0.5) is 0 Å². The molecule has 1 unspecified atom stereocenters. The largest absolute Gasteiger partial charge is 1.00 e. The van der Waals surface area contributed by atoms with E-state index in [9.17, 15) is 14.7 Å². The third-order valence-electron chi connectivity index (χ3n) is 9.79. The average Bonchev–Trinajstić information content (AvgIpc) is 3.04. The third kappa shape index (κ3) is 32.9. The van der Waals surface area contributed by atoms with Crippen molar-refractivity contribution in [2.75, 3.05) is 0 Å². The second-order valence-corrected chi connectivity index (χ2v) is 15.7. The van der Waals surface area contributed by atoms with E-state index in [1.165, 1.54) is 64.4 Å². The monoisotopic (exact) mass is 737 g/mol. The normalized spacial score (nSPS) is 14.6. The van der Waals surface area contributed by atoms with Gasteiger partial charge in [-0.3, -0.25) is 4.79 Å². The van der Waals surface area contributed by atoms with Crippen molar-refractivity contribution in [2.24, 2.45) is 5.92 Å². The zero-order valence-corrected chi connectivity index (χ0v) is 38.5. The Labute approximate surface area is 350 Å². The van der Waals surface area contributed by atoms with Crippen molar-refractivity contribution in [2.45, 2.75) is 185 Å². The van der Waals surface area contributed by atoms with Crippen LogP contribution in [-0.4, -0.2) is 11.8 Å². The molecule has 0 radical (unpaired) electrons. The summed E-state index contributed by atoms with van der Waals surface area (Å²) in [4.78, 5) is 22.5. The molecule has 0 saturated heterocycles. The number of rotatable bonds is 28. The van der Waals surface area contributed by atoms with Gasteiger partial charge in [0.15, 0.2) is 0 Å². The molecule has 53 heavy (non-hydrogen) atoms. The summed E-state index contributed by atoms with van der Waals surface area (Å²) in [6.45, 7) is 23.5. The van der Waals surface area contributed by atoms with Gasteiger partial charge in [-0.1, -0.05) is 105 Å². The first-order valence-electron chi connectivity index (χ1n) is 20.2. The summed E-state index contributed by atoms with van der Waals surface area (Å²) < 4.78 is 0. The predicted octanol–water partition coefficient (Wildman–Crippen LogP) is 11.1. The van der Waals surface area contributed by atoms with Gasteiger partial charge in [-0.25, -0.2) is 0 Å². The van der Waals surface area contributed by atoms with Crippen molar-refractivity contribution >= 4 is 11.8 Å². The molecule has 0 aromatic carbocycles. The Balaban J connectivity index is 0. The van der Waals surface area contributed by atoms with Gasteiger partial charge >= 0.3 is 29.6 Å².